The molecule has 4 N–H and O–H groups in total. The fraction of sp³-hybridized carbons (Fsp3) is 0.400. The number of carbonyl (C=O) groups is 2. The van der Waals surface area contributed by atoms with E-state index in [0.717, 1.165) is 0 Å². The van der Waals surface area contributed by atoms with Gasteiger partial charge in [0.1, 0.15) is 28.9 Å². The molecule has 0 spiro atoms. The highest BCUT2D eigenvalue weighted by Crippen LogP contribution is 2.26. The van der Waals surface area contributed by atoms with E-state index in [9.17, 15) is 18.9 Å². The molecule has 13 nitrogen and oxygen atoms in total. The van der Waals surface area contributed by atoms with Crippen molar-refractivity contribution in [1.82, 2.24) is 24.9 Å². The Bertz CT molecular complexity index is 1410. The van der Waals surface area contributed by atoms with Crippen molar-refractivity contribution in [2.75, 3.05) is 65.5 Å². The quantitative estimate of drug-likeness (QED) is 0.333. The predicted octanol–water partition coefficient (Wildman–Crippen LogP) is 2.34. The van der Waals surface area contributed by atoms with Crippen LogP contribution < -0.4 is 16.0 Å². The van der Waals surface area contributed by atoms with Crippen LogP contribution in [0.3, 0.4) is 0 Å². The van der Waals surface area contributed by atoms with Crippen LogP contribution in [0.1, 0.15) is 24.3 Å². The minimum Gasteiger partial charge on any atom is -0.489 e. The van der Waals surface area contributed by atoms with Gasteiger partial charge in [-0.05, 0) is 39.1 Å². The number of likely N-dealkylation sites (N-methyl/N-ethyl adjacent to an activating group) is 1. The molecule has 2 aliphatic rings. The number of allylic oxidation sites excluding steroid dienone is 1. The zero-order valence-electron chi connectivity index (χ0n) is 25.5. The lowest BCUT2D eigenvalue weighted by molar-refractivity contribution is -0.146. The molecular formula is C30H40N6O7S. The van der Waals surface area contributed by atoms with Gasteiger partial charge in [0.15, 0.2) is 11.5 Å². The summed E-state index contributed by atoms with van der Waals surface area (Å²) in [6, 6.07) is 6.62. The molecule has 4 bridgehead atoms. The van der Waals surface area contributed by atoms with E-state index in [0.29, 0.717) is 39.7 Å². The summed E-state index contributed by atoms with van der Waals surface area (Å²) in [6.07, 6.45) is 2.98. The fourth-order valence-electron chi connectivity index (χ4n) is 4.13. The van der Waals surface area contributed by atoms with Gasteiger partial charge in [-0.1, -0.05) is 25.3 Å². The minimum absolute atomic E-state index is 0.0236. The Morgan fingerprint density at radius 3 is 2.43 bits per heavy atom. The summed E-state index contributed by atoms with van der Waals surface area (Å²) in [6.45, 7) is 12.4. The first-order valence-corrected chi connectivity index (χ1v) is 15.0. The molecule has 3 heterocycles. The highest BCUT2D eigenvalue weighted by Gasteiger charge is 2.38. The van der Waals surface area contributed by atoms with Crippen LogP contribution in [-0.4, -0.2) is 101 Å². The van der Waals surface area contributed by atoms with Gasteiger partial charge < -0.3 is 35.3 Å². The summed E-state index contributed by atoms with van der Waals surface area (Å²) in [4.78, 5) is 34.9. The van der Waals surface area contributed by atoms with E-state index in [1.54, 1.807) is 38.4 Å². The van der Waals surface area contributed by atoms with Crippen LogP contribution in [0.15, 0.2) is 71.6 Å². The van der Waals surface area contributed by atoms with Crippen LogP contribution in [0.2, 0.25) is 0 Å². The summed E-state index contributed by atoms with van der Waals surface area (Å²) >= 11 is 0. The number of fused-ring (bicyclic) bond motifs is 15. The molecule has 0 saturated carbocycles. The Balaban J connectivity index is 2.05. The second-order valence-electron chi connectivity index (χ2n) is 10.1. The molecule has 1 amide bonds. The highest BCUT2D eigenvalue weighted by atomic mass is 32.2. The van der Waals surface area contributed by atoms with Crippen molar-refractivity contribution in [3.63, 3.8) is 0 Å². The highest BCUT2D eigenvalue weighted by molar-refractivity contribution is 7.82. The number of hydrogen-bond acceptors (Lipinski definition) is 10. The van der Waals surface area contributed by atoms with Crippen molar-refractivity contribution in [1.29, 1.82) is 0 Å². The molecule has 1 aromatic carbocycles. The number of ether oxygens (including phenoxy) is 3. The van der Waals surface area contributed by atoms with Crippen molar-refractivity contribution in [2.45, 2.75) is 24.3 Å². The lowest BCUT2D eigenvalue weighted by atomic mass is 10.1. The number of hydrogen-bond donors (Lipinski definition) is 4. The molecule has 14 heteroatoms. The number of carbonyl (C=O) groups excluding carboxylic acids is 1. The summed E-state index contributed by atoms with van der Waals surface area (Å²) in [5.41, 5.74) is 0.460. The Hall–Kier alpha value is -3.95. The molecule has 1 unspecified atom stereocenters. The monoisotopic (exact) mass is 628 g/mol. The Labute approximate surface area is 260 Å². The maximum absolute atomic E-state index is 13.6. The lowest BCUT2D eigenvalue weighted by Gasteiger charge is -2.33. The fourth-order valence-corrected chi connectivity index (χ4v) is 5.49. The molecule has 1 atom stereocenters. The number of carboxylic acid groups (broad SMARTS) is 1. The summed E-state index contributed by atoms with van der Waals surface area (Å²) in [5.74, 6) is -1.09. The molecule has 0 fully saturated rings. The van der Waals surface area contributed by atoms with Crippen molar-refractivity contribution in [3.05, 3.63) is 72.4 Å². The standard InChI is InChI=1S/C30H40N6O7S/c1-7-23-26(20(2)18-31-5)43-17-16-42-15-14-41-13-12-36(30(3,4)29(38)39)44(40)22-10-8-21(9-11-22)24-19-33-27(32-6)25(34-24)28(37)35-23/h7-11,19,31H,1-2,12-18H2,3-6H3,(H,32,33)(H,35,37)(H,38,39)/b26-23-. The van der Waals surface area contributed by atoms with Gasteiger partial charge in [0.2, 0.25) is 0 Å². The van der Waals surface area contributed by atoms with Gasteiger partial charge in [-0.25, -0.2) is 18.5 Å². The third-order valence-electron chi connectivity index (χ3n) is 6.62. The predicted molar refractivity (Wildman–Crippen MR) is 167 cm³/mol. The smallest absolute Gasteiger partial charge is 0.324 e. The van der Waals surface area contributed by atoms with Crippen LogP contribution in [0, 0.1) is 0 Å². The molecular weight excluding hydrogens is 588 g/mol. The van der Waals surface area contributed by atoms with Gasteiger partial charge in [0.05, 0.1) is 48.9 Å². The molecule has 44 heavy (non-hydrogen) atoms. The number of rotatable bonds is 7. The average molecular weight is 629 g/mol. The van der Waals surface area contributed by atoms with E-state index < -0.39 is 28.4 Å². The first-order valence-electron chi connectivity index (χ1n) is 13.9. The third-order valence-corrected chi connectivity index (χ3v) is 8.33. The maximum atomic E-state index is 13.6. The van der Waals surface area contributed by atoms with E-state index in [4.69, 9.17) is 14.2 Å². The molecule has 2 aromatic rings. The Morgan fingerprint density at radius 2 is 1.82 bits per heavy atom. The summed E-state index contributed by atoms with van der Waals surface area (Å²) < 4.78 is 32.2. The van der Waals surface area contributed by atoms with E-state index in [1.807, 2.05) is 0 Å². The number of nitrogens with zero attached hydrogens (tertiary/aromatic N) is 3. The number of amides is 1. The second-order valence-corrected chi connectivity index (χ2v) is 11.5. The van der Waals surface area contributed by atoms with Crippen LogP contribution in [-0.2, 0) is 30.0 Å². The molecule has 0 saturated heterocycles. The molecule has 1 aromatic heterocycles. The first-order chi connectivity index (χ1) is 21.0. The maximum Gasteiger partial charge on any atom is 0.324 e. The van der Waals surface area contributed by atoms with Gasteiger partial charge >= 0.3 is 5.97 Å². The van der Waals surface area contributed by atoms with E-state index in [-0.39, 0.29) is 51.1 Å². The number of anilines is 1. The first kappa shape index (κ1) is 34.5. The third kappa shape index (κ3) is 8.57. The zero-order chi connectivity index (χ0) is 32.3. The van der Waals surface area contributed by atoms with Crippen LogP contribution in [0.5, 0.6) is 0 Å². The van der Waals surface area contributed by atoms with Crippen LogP contribution in [0.4, 0.5) is 5.82 Å². The van der Waals surface area contributed by atoms with Crippen LogP contribution in [0.25, 0.3) is 11.3 Å². The zero-order valence-corrected chi connectivity index (χ0v) is 26.3. The molecule has 0 radical (unpaired) electrons. The molecule has 238 valence electrons. The lowest BCUT2D eigenvalue weighted by Crippen LogP contribution is -2.52. The van der Waals surface area contributed by atoms with Gasteiger partial charge in [-0.15, -0.1) is 0 Å². The molecule has 4 rings (SSSR count). The summed E-state index contributed by atoms with van der Waals surface area (Å²) in [5, 5.41) is 18.6. The van der Waals surface area contributed by atoms with E-state index >= 15 is 0 Å². The second kappa shape index (κ2) is 16.2. The van der Waals surface area contributed by atoms with Crippen molar-refractivity contribution in [3.8, 4) is 11.3 Å². The average Bonchev–Trinajstić information content (AvgIpc) is 3.01. The SMILES string of the molecule is C=C/C1=C(\C(=C)CNC)OCCOCCOCCN(C(C)(C)C(=O)O)S(=O)c2ccc(cc2)-c2cnc(NC)c(n2)C(=O)N1. The summed E-state index contributed by atoms with van der Waals surface area (Å²) in [7, 11) is 1.57. The van der Waals surface area contributed by atoms with Gasteiger partial charge in [-0.2, -0.15) is 0 Å². The number of nitrogens with one attached hydrogen (secondary N) is 3. The van der Waals surface area contributed by atoms with Crippen molar-refractivity contribution < 1.29 is 33.1 Å². The van der Waals surface area contributed by atoms with Crippen molar-refractivity contribution in [2.24, 2.45) is 0 Å². The Kier molecular flexibility index (Phi) is 12.7. The van der Waals surface area contributed by atoms with Gasteiger partial charge in [0.25, 0.3) is 5.91 Å². The van der Waals surface area contributed by atoms with E-state index in [2.05, 4.69) is 39.1 Å². The largest absolute Gasteiger partial charge is 0.489 e. The number of aromatic nitrogens is 2. The Morgan fingerprint density at radius 1 is 1.16 bits per heavy atom. The van der Waals surface area contributed by atoms with Gasteiger partial charge in [-0.3, -0.25) is 9.59 Å². The van der Waals surface area contributed by atoms with E-state index in [1.165, 1.54) is 30.4 Å². The van der Waals surface area contributed by atoms with Crippen molar-refractivity contribution >= 4 is 28.7 Å². The molecule has 0 aliphatic carbocycles. The molecule has 2 aliphatic heterocycles. The number of aliphatic carboxylic acids is 1. The number of benzene rings is 1. The normalized spacial score (nSPS) is 19.5. The minimum atomic E-state index is -1.82. The van der Waals surface area contributed by atoms with Crippen LogP contribution >= 0.6 is 0 Å². The van der Waals surface area contributed by atoms with Gasteiger partial charge in [0, 0.05) is 31.3 Å². The topological polar surface area (TPSA) is 164 Å². The number of carboxylic acids is 1.